The molecule has 0 unspecified atom stereocenters. The number of nitrogens with zero attached hydrogens (tertiary/aromatic N) is 3. The van der Waals surface area contributed by atoms with E-state index in [1.807, 2.05) is 4.52 Å². The van der Waals surface area contributed by atoms with Gasteiger partial charge in [0.2, 0.25) is 0 Å². The summed E-state index contributed by atoms with van der Waals surface area (Å²) in [5.74, 6) is 0.978. The van der Waals surface area contributed by atoms with Crippen molar-refractivity contribution >= 4 is 11.3 Å². The summed E-state index contributed by atoms with van der Waals surface area (Å²) in [6.45, 7) is 3.40. The van der Waals surface area contributed by atoms with E-state index in [2.05, 4.69) is 64.8 Å². The lowest BCUT2D eigenvalue weighted by atomic mass is 10.1. The molecule has 0 saturated carbocycles. The van der Waals surface area contributed by atoms with Gasteiger partial charge < -0.3 is 15.2 Å². The third-order valence-electron chi connectivity index (χ3n) is 6.54. The van der Waals surface area contributed by atoms with E-state index in [0.29, 0.717) is 13.0 Å². The summed E-state index contributed by atoms with van der Waals surface area (Å²) in [6, 6.07) is 13.1. The highest BCUT2D eigenvalue weighted by Crippen LogP contribution is 2.36. The average molecular weight is 419 g/mol. The van der Waals surface area contributed by atoms with E-state index in [1.54, 1.807) is 6.33 Å². The number of aryl methyl sites for hydroxylation is 1. The normalized spacial score (nSPS) is 22.6. The Morgan fingerprint density at radius 2 is 2.13 bits per heavy atom. The Kier molecular flexibility index (Phi) is 5.74. The van der Waals surface area contributed by atoms with E-state index in [4.69, 9.17) is 4.74 Å². The van der Waals surface area contributed by atoms with Crippen molar-refractivity contribution in [1.82, 2.24) is 14.6 Å². The SMILES string of the molecule is CCCCOCC1=C[C@@H](c2ccc3c(N[C@H]4CCc5ccccc54)ncnn23)C[C@H]1O. The maximum absolute atomic E-state index is 10.5. The molecule has 0 saturated heterocycles. The fourth-order valence-electron chi connectivity index (χ4n) is 4.83. The molecule has 2 aromatic heterocycles. The highest BCUT2D eigenvalue weighted by atomic mass is 16.5. The molecule has 6 heteroatoms. The van der Waals surface area contributed by atoms with Gasteiger partial charge >= 0.3 is 0 Å². The fraction of sp³-hybridized carbons (Fsp3) is 0.440. The molecule has 2 heterocycles. The average Bonchev–Trinajstić information content (AvgIpc) is 3.49. The van der Waals surface area contributed by atoms with Gasteiger partial charge in [-0.3, -0.25) is 0 Å². The standard InChI is InChI=1S/C25H30N4O2/c1-2-3-12-31-15-19-13-18(14-24(19)30)22-10-11-23-25(26-16-27-29(22)23)28-21-9-8-17-6-4-5-7-20(17)21/h4-7,10-11,13,16,18,21,24,30H,2-3,8-9,12,14-15H2,1H3,(H,26,27,28)/t18-,21+,24-/m1/s1. The number of hydrogen-bond acceptors (Lipinski definition) is 5. The zero-order valence-corrected chi connectivity index (χ0v) is 18.0. The van der Waals surface area contributed by atoms with Crippen molar-refractivity contribution in [2.45, 2.75) is 57.1 Å². The lowest BCUT2D eigenvalue weighted by Crippen LogP contribution is -2.12. The molecule has 162 valence electrons. The van der Waals surface area contributed by atoms with E-state index >= 15 is 0 Å². The predicted octanol–water partition coefficient (Wildman–Crippen LogP) is 4.42. The molecule has 31 heavy (non-hydrogen) atoms. The van der Waals surface area contributed by atoms with E-state index in [1.165, 1.54) is 11.1 Å². The minimum Gasteiger partial charge on any atom is -0.389 e. The Morgan fingerprint density at radius 1 is 1.23 bits per heavy atom. The fourth-order valence-corrected chi connectivity index (χ4v) is 4.83. The summed E-state index contributed by atoms with van der Waals surface area (Å²) in [5, 5.41) is 18.7. The van der Waals surface area contributed by atoms with Gasteiger partial charge in [-0.25, -0.2) is 9.50 Å². The van der Waals surface area contributed by atoms with Gasteiger partial charge in [-0.15, -0.1) is 0 Å². The summed E-state index contributed by atoms with van der Waals surface area (Å²) in [4.78, 5) is 4.54. The first-order valence-corrected chi connectivity index (χ1v) is 11.4. The molecule has 3 atom stereocenters. The van der Waals surface area contributed by atoms with Crippen LogP contribution in [0.2, 0.25) is 0 Å². The molecule has 0 radical (unpaired) electrons. The van der Waals surface area contributed by atoms with Crippen molar-refractivity contribution in [2.75, 3.05) is 18.5 Å². The van der Waals surface area contributed by atoms with Crippen LogP contribution >= 0.6 is 0 Å². The number of anilines is 1. The second-order valence-electron chi connectivity index (χ2n) is 8.60. The highest BCUT2D eigenvalue weighted by Gasteiger charge is 2.29. The van der Waals surface area contributed by atoms with Crippen LogP contribution in [0.25, 0.3) is 5.52 Å². The summed E-state index contributed by atoms with van der Waals surface area (Å²) in [5.41, 5.74) is 5.80. The molecule has 2 aliphatic carbocycles. The zero-order valence-electron chi connectivity index (χ0n) is 18.0. The number of unbranched alkanes of at least 4 members (excludes halogenated alkanes) is 1. The lowest BCUT2D eigenvalue weighted by molar-refractivity contribution is 0.126. The van der Waals surface area contributed by atoms with Gasteiger partial charge in [-0.1, -0.05) is 43.7 Å². The number of aliphatic hydroxyl groups excluding tert-OH is 1. The number of allylic oxidation sites excluding steroid dienone is 1. The molecule has 5 rings (SSSR count). The van der Waals surface area contributed by atoms with Gasteiger partial charge in [0, 0.05) is 18.2 Å². The zero-order chi connectivity index (χ0) is 21.2. The number of benzene rings is 1. The Bertz CT molecular complexity index is 1090. The maximum Gasteiger partial charge on any atom is 0.154 e. The number of aromatic nitrogens is 3. The van der Waals surface area contributed by atoms with Crippen LogP contribution in [0.3, 0.4) is 0 Å². The minimum absolute atomic E-state index is 0.122. The second kappa shape index (κ2) is 8.81. The Labute approximate surface area is 183 Å². The Hall–Kier alpha value is -2.70. The molecular weight excluding hydrogens is 388 g/mol. The molecule has 0 amide bonds. The third-order valence-corrected chi connectivity index (χ3v) is 6.54. The van der Waals surface area contributed by atoms with Crippen LogP contribution in [0, 0.1) is 0 Å². The van der Waals surface area contributed by atoms with Crippen LogP contribution in [-0.2, 0) is 11.2 Å². The van der Waals surface area contributed by atoms with Crippen LogP contribution in [-0.4, -0.2) is 39.0 Å². The van der Waals surface area contributed by atoms with Crippen molar-refractivity contribution in [1.29, 1.82) is 0 Å². The van der Waals surface area contributed by atoms with Crippen LogP contribution in [0.15, 0.2) is 54.4 Å². The van der Waals surface area contributed by atoms with Crippen LogP contribution in [0.5, 0.6) is 0 Å². The van der Waals surface area contributed by atoms with Crippen molar-refractivity contribution in [3.63, 3.8) is 0 Å². The quantitative estimate of drug-likeness (QED) is 0.419. The smallest absolute Gasteiger partial charge is 0.154 e. The molecule has 0 aliphatic heterocycles. The molecule has 2 aliphatic rings. The number of nitrogens with one attached hydrogen (secondary N) is 1. The van der Waals surface area contributed by atoms with Crippen molar-refractivity contribution in [2.24, 2.45) is 0 Å². The first-order chi connectivity index (χ1) is 15.2. The van der Waals surface area contributed by atoms with Crippen LogP contribution < -0.4 is 5.32 Å². The number of rotatable bonds is 8. The first-order valence-electron chi connectivity index (χ1n) is 11.4. The summed E-state index contributed by atoms with van der Waals surface area (Å²) in [6.07, 6.45) is 8.31. The van der Waals surface area contributed by atoms with Crippen molar-refractivity contribution in [3.8, 4) is 0 Å². The number of ether oxygens (including phenoxy) is 1. The Morgan fingerprint density at radius 3 is 3.03 bits per heavy atom. The van der Waals surface area contributed by atoms with Crippen molar-refractivity contribution < 1.29 is 9.84 Å². The number of fused-ring (bicyclic) bond motifs is 2. The molecule has 2 N–H and O–H groups in total. The van der Waals surface area contributed by atoms with Gasteiger partial charge in [0.15, 0.2) is 5.82 Å². The number of aliphatic hydroxyl groups is 1. The molecule has 0 spiro atoms. The van der Waals surface area contributed by atoms with Gasteiger partial charge in [0.05, 0.1) is 18.8 Å². The molecular formula is C25H30N4O2. The lowest BCUT2D eigenvalue weighted by Gasteiger charge is -2.16. The molecule has 6 nitrogen and oxygen atoms in total. The van der Waals surface area contributed by atoms with Gasteiger partial charge in [-0.05, 0) is 54.5 Å². The molecule has 3 aromatic rings. The van der Waals surface area contributed by atoms with E-state index in [-0.39, 0.29) is 12.0 Å². The molecule has 0 bridgehead atoms. The highest BCUT2D eigenvalue weighted by molar-refractivity contribution is 5.69. The van der Waals surface area contributed by atoms with E-state index in [9.17, 15) is 5.11 Å². The van der Waals surface area contributed by atoms with Crippen molar-refractivity contribution in [3.05, 3.63) is 71.2 Å². The predicted molar refractivity (Wildman–Crippen MR) is 121 cm³/mol. The van der Waals surface area contributed by atoms with E-state index in [0.717, 1.165) is 54.9 Å². The van der Waals surface area contributed by atoms with Crippen LogP contribution in [0.4, 0.5) is 5.82 Å². The van der Waals surface area contributed by atoms with Crippen LogP contribution in [0.1, 0.15) is 61.4 Å². The Balaban J connectivity index is 1.36. The number of hydrogen-bond donors (Lipinski definition) is 2. The minimum atomic E-state index is -0.452. The van der Waals surface area contributed by atoms with Gasteiger partial charge in [0.1, 0.15) is 11.8 Å². The van der Waals surface area contributed by atoms with Gasteiger partial charge in [-0.2, -0.15) is 5.10 Å². The van der Waals surface area contributed by atoms with Gasteiger partial charge in [0.25, 0.3) is 0 Å². The third kappa shape index (κ3) is 3.98. The largest absolute Gasteiger partial charge is 0.389 e. The second-order valence-corrected chi connectivity index (χ2v) is 8.60. The topological polar surface area (TPSA) is 71.7 Å². The summed E-state index contributed by atoms with van der Waals surface area (Å²) in [7, 11) is 0. The molecule has 1 aromatic carbocycles. The first kappa shape index (κ1) is 20.2. The molecule has 0 fully saturated rings. The summed E-state index contributed by atoms with van der Waals surface area (Å²) >= 11 is 0. The monoisotopic (exact) mass is 418 g/mol. The van der Waals surface area contributed by atoms with E-state index < -0.39 is 6.10 Å². The maximum atomic E-state index is 10.5. The summed E-state index contributed by atoms with van der Waals surface area (Å²) < 4.78 is 7.70.